The molecule has 156 valence electrons. The lowest BCUT2D eigenvalue weighted by atomic mass is 10.1. The van der Waals surface area contributed by atoms with Crippen molar-refractivity contribution in [2.45, 2.75) is 25.7 Å². The number of pyridine rings is 1. The highest BCUT2D eigenvalue weighted by Crippen LogP contribution is 2.35. The number of aryl methyl sites for hydroxylation is 1. The highest BCUT2D eigenvalue weighted by molar-refractivity contribution is 7.21. The number of nitrogens with one attached hydrogen (secondary N) is 1. The van der Waals surface area contributed by atoms with Gasteiger partial charge in [0.05, 0.1) is 6.33 Å². The third kappa shape index (κ3) is 3.77. The van der Waals surface area contributed by atoms with E-state index < -0.39 is 0 Å². The van der Waals surface area contributed by atoms with Crippen molar-refractivity contribution in [3.05, 3.63) is 36.4 Å². The summed E-state index contributed by atoms with van der Waals surface area (Å²) in [4.78, 5) is 17.6. The van der Waals surface area contributed by atoms with Crippen molar-refractivity contribution in [2.75, 3.05) is 31.5 Å². The predicted molar refractivity (Wildman–Crippen MR) is 120 cm³/mol. The largest absolute Gasteiger partial charge is 0.368 e. The molecular formula is C22H25FN6S. The summed E-state index contributed by atoms with van der Waals surface area (Å²) in [7, 11) is 1.98. The Morgan fingerprint density at radius 2 is 1.87 bits per heavy atom. The molecule has 1 aliphatic rings. The summed E-state index contributed by atoms with van der Waals surface area (Å²) in [6.07, 6.45) is 6.90. The first-order valence-electron chi connectivity index (χ1n) is 10.5. The van der Waals surface area contributed by atoms with Gasteiger partial charge in [-0.3, -0.25) is 0 Å². The number of imidazole rings is 1. The third-order valence-electron chi connectivity index (χ3n) is 5.69. The van der Waals surface area contributed by atoms with Gasteiger partial charge in [0.25, 0.3) is 0 Å². The van der Waals surface area contributed by atoms with E-state index in [1.165, 1.54) is 55.8 Å². The van der Waals surface area contributed by atoms with E-state index in [1.807, 2.05) is 17.9 Å². The topological polar surface area (TPSA) is 58.9 Å². The van der Waals surface area contributed by atoms with Crippen LogP contribution in [0.1, 0.15) is 25.7 Å². The van der Waals surface area contributed by atoms with Crippen molar-refractivity contribution < 1.29 is 4.39 Å². The Kier molecular flexibility index (Phi) is 5.35. The van der Waals surface area contributed by atoms with Gasteiger partial charge < -0.3 is 14.8 Å². The Bertz CT molecular complexity index is 1160. The fourth-order valence-corrected chi connectivity index (χ4v) is 5.06. The summed E-state index contributed by atoms with van der Waals surface area (Å²) in [5.74, 6) is 0.564. The van der Waals surface area contributed by atoms with E-state index in [0.29, 0.717) is 0 Å². The molecule has 1 aliphatic heterocycles. The van der Waals surface area contributed by atoms with Crippen molar-refractivity contribution in [1.29, 1.82) is 0 Å². The van der Waals surface area contributed by atoms with Crippen LogP contribution in [0.25, 0.3) is 32.0 Å². The number of rotatable bonds is 6. The number of thiazole rings is 1. The Morgan fingerprint density at radius 1 is 1.07 bits per heavy atom. The Balaban J connectivity index is 1.41. The van der Waals surface area contributed by atoms with Crippen LogP contribution in [0.3, 0.4) is 0 Å². The molecule has 0 radical (unpaired) electrons. The van der Waals surface area contributed by atoms with Crippen molar-refractivity contribution >= 4 is 38.5 Å². The zero-order valence-corrected chi connectivity index (χ0v) is 17.9. The predicted octanol–water partition coefficient (Wildman–Crippen LogP) is 4.67. The summed E-state index contributed by atoms with van der Waals surface area (Å²) in [5.41, 5.74) is 3.56. The van der Waals surface area contributed by atoms with Gasteiger partial charge in [0, 0.05) is 19.2 Å². The number of piperidine rings is 1. The van der Waals surface area contributed by atoms with Crippen LogP contribution >= 0.6 is 11.3 Å². The maximum atomic E-state index is 13.3. The second-order valence-electron chi connectivity index (χ2n) is 7.88. The first-order chi connectivity index (χ1) is 14.7. The Labute approximate surface area is 178 Å². The molecule has 0 aliphatic carbocycles. The van der Waals surface area contributed by atoms with Gasteiger partial charge >= 0.3 is 0 Å². The first kappa shape index (κ1) is 19.4. The lowest BCUT2D eigenvalue weighted by molar-refractivity contribution is 0.228. The average Bonchev–Trinajstić information content (AvgIpc) is 3.36. The maximum absolute atomic E-state index is 13.3. The quantitative estimate of drug-likeness (QED) is 0.456. The SMILES string of the molecule is Cn1cnc2c(NCCCN3CCCCC3)nc3sc(-c4ccc(F)cc4)nc3c21. The molecule has 6 nitrogen and oxygen atoms in total. The summed E-state index contributed by atoms with van der Waals surface area (Å²) in [6.45, 7) is 4.43. The first-order valence-corrected chi connectivity index (χ1v) is 11.3. The Morgan fingerprint density at radius 3 is 2.67 bits per heavy atom. The molecule has 4 heterocycles. The molecule has 0 spiro atoms. The molecule has 5 rings (SSSR count). The summed E-state index contributed by atoms with van der Waals surface area (Å²) in [6, 6.07) is 6.44. The highest BCUT2D eigenvalue weighted by atomic mass is 32.1. The van der Waals surface area contributed by atoms with Gasteiger partial charge in [0.1, 0.15) is 32.2 Å². The molecule has 4 aromatic rings. The van der Waals surface area contributed by atoms with Crippen molar-refractivity contribution in [3.8, 4) is 10.6 Å². The lowest BCUT2D eigenvalue weighted by Crippen LogP contribution is -2.31. The van der Waals surface area contributed by atoms with Gasteiger partial charge in [-0.1, -0.05) is 17.8 Å². The molecule has 8 heteroatoms. The fourth-order valence-electron chi connectivity index (χ4n) is 4.11. The van der Waals surface area contributed by atoms with Crippen LogP contribution < -0.4 is 5.32 Å². The zero-order valence-electron chi connectivity index (χ0n) is 17.1. The van der Waals surface area contributed by atoms with E-state index in [0.717, 1.165) is 57.3 Å². The molecule has 0 atom stereocenters. The molecule has 0 saturated carbocycles. The number of hydrogen-bond donors (Lipinski definition) is 1. The summed E-state index contributed by atoms with van der Waals surface area (Å²) >= 11 is 1.53. The van der Waals surface area contributed by atoms with Crippen LogP contribution in [0.5, 0.6) is 0 Å². The van der Waals surface area contributed by atoms with Gasteiger partial charge in [-0.2, -0.15) is 0 Å². The van der Waals surface area contributed by atoms with Crippen LogP contribution in [0, 0.1) is 5.82 Å². The monoisotopic (exact) mass is 424 g/mol. The Hall–Kier alpha value is -2.58. The normalized spacial score (nSPS) is 15.3. The molecule has 0 amide bonds. The minimum absolute atomic E-state index is 0.247. The number of anilines is 1. The minimum Gasteiger partial charge on any atom is -0.368 e. The zero-order chi connectivity index (χ0) is 20.5. The lowest BCUT2D eigenvalue weighted by Gasteiger charge is -2.26. The third-order valence-corrected chi connectivity index (χ3v) is 6.69. The summed E-state index contributed by atoms with van der Waals surface area (Å²) in [5, 5.41) is 4.34. The molecule has 1 fully saturated rings. The number of halogens is 1. The standard InChI is InChI=1S/C22H25FN6S/c1-28-14-25-17-19(28)18-22(30-21(26-18)15-6-8-16(23)9-7-15)27-20(17)24-10-5-13-29-11-3-2-4-12-29/h6-9,14H,2-5,10-13H2,1H3,(H,24,27). The van der Waals surface area contributed by atoms with E-state index in [4.69, 9.17) is 9.97 Å². The van der Waals surface area contributed by atoms with Crippen molar-refractivity contribution in [2.24, 2.45) is 7.05 Å². The molecular weight excluding hydrogens is 399 g/mol. The second kappa shape index (κ2) is 8.28. The molecule has 0 bridgehead atoms. The number of likely N-dealkylation sites (tertiary alicyclic amines) is 1. The highest BCUT2D eigenvalue weighted by Gasteiger charge is 2.18. The number of nitrogens with zero attached hydrogens (tertiary/aromatic N) is 5. The van der Waals surface area contributed by atoms with E-state index in [9.17, 15) is 4.39 Å². The van der Waals surface area contributed by atoms with Gasteiger partial charge in [-0.25, -0.2) is 19.3 Å². The van der Waals surface area contributed by atoms with Crippen LogP contribution in [-0.4, -0.2) is 50.6 Å². The van der Waals surface area contributed by atoms with Gasteiger partial charge in [0.15, 0.2) is 5.82 Å². The fraction of sp³-hybridized carbons (Fsp3) is 0.409. The van der Waals surface area contributed by atoms with Crippen LogP contribution in [-0.2, 0) is 7.05 Å². The number of aromatic nitrogens is 4. The second-order valence-corrected chi connectivity index (χ2v) is 8.85. The van der Waals surface area contributed by atoms with E-state index in [1.54, 1.807) is 12.1 Å². The maximum Gasteiger partial charge on any atom is 0.156 e. The van der Waals surface area contributed by atoms with Crippen LogP contribution in [0.15, 0.2) is 30.6 Å². The van der Waals surface area contributed by atoms with Gasteiger partial charge in [-0.15, -0.1) is 0 Å². The number of benzene rings is 1. The van der Waals surface area contributed by atoms with E-state index in [-0.39, 0.29) is 5.82 Å². The minimum atomic E-state index is -0.247. The molecule has 1 aromatic carbocycles. The number of fused-ring (bicyclic) bond motifs is 3. The molecule has 1 N–H and O–H groups in total. The van der Waals surface area contributed by atoms with E-state index in [2.05, 4.69) is 15.2 Å². The van der Waals surface area contributed by atoms with Crippen molar-refractivity contribution in [1.82, 2.24) is 24.4 Å². The van der Waals surface area contributed by atoms with E-state index >= 15 is 0 Å². The smallest absolute Gasteiger partial charge is 0.156 e. The van der Waals surface area contributed by atoms with Gasteiger partial charge in [-0.05, 0) is 63.2 Å². The molecule has 30 heavy (non-hydrogen) atoms. The van der Waals surface area contributed by atoms with Crippen molar-refractivity contribution in [3.63, 3.8) is 0 Å². The number of hydrogen-bond acceptors (Lipinski definition) is 6. The molecule has 3 aromatic heterocycles. The molecule has 0 unspecified atom stereocenters. The van der Waals surface area contributed by atoms with Gasteiger partial charge in [0.2, 0.25) is 0 Å². The summed E-state index contributed by atoms with van der Waals surface area (Å²) < 4.78 is 15.3. The van der Waals surface area contributed by atoms with Crippen LogP contribution in [0.2, 0.25) is 0 Å². The van der Waals surface area contributed by atoms with Crippen LogP contribution in [0.4, 0.5) is 10.2 Å². The molecule has 1 saturated heterocycles. The average molecular weight is 425 g/mol.